The number of allylic oxidation sites excluding steroid dienone is 1. The molecule has 0 amide bonds. The molecule has 1 unspecified atom stereocenters. The second-order valence-electron chi connectivity index (χ2n) is 4.41. The highest BCUT2D eigenvalue weighted by atomic mass is 19.4. The highest BCUT2D eigenvalue weighted by Gasteiger charge is 2.34. The number of rotatable bonds is 7. The van der Waals surface area contributed by atoms with Crippen LogP contribution >= 0.6 is 0 Å². The van der Waals surface area contributed by atoms with E-state index in [2.05, 4.69) is 11.9 Å². The van der Waals surface area contributed by atoms with Crippen LogP contribution in [0.5, 0.6) is 0 Å². The summed E-state index contributed by atoms with van der Waals surface area (Å²) >= 11 is 0. The molecule has 0 saturated heterocycles. The van der Waals surface area contributed by atoms with E-state index in [1.807, 2.05) is 6.92 Å². The normalized spacial score (nSPS) is 13.3. The molecule has 0 aliphatic carbocycles. The van der Waals surface area contributed by atoms with Gasteiger partial charge in [-0.1, -0.05) is 31.2 Å². The molecule has 0 aromatic heterocycles. The second kappa shape index (κ2) is 7.34. The topological polar surface area (TPSA) is 12.0 Å². The van der Waals surface area contributed by atoms with Gasteiger partial charge in [-0.25, -0.2) is 0 Å². The zero-order valence-electron chi connectivity index (χ0n) is 11.1. The lowest BCUT2D eigenvalue weighted by Gasteiger charge is -2.22. The molecule has 19 heavy (non-hydrogen) atoms. The molecule has 1 N–H and O–H groups in total. The Morgan fingerprint density at radius 1 is 1.32 bits per heavy atom. The molecule has 0 heterocycles. The van der Waals surface area contributed by atoms with E-state index in [0.717, 1.165) is 18.9 Å². The molecular weight excluding hydrogens is 251 g/mol. The summed E-state index contributed by atoms with van der Waals surface area (Å²) in [6.07, 6.45) is -0.197. The van der Waals surface area contributed by atoms with Gasteiger partial charge in [-0.15, -0.1) is 6.58 Å². The highest BCUT2D eigenvalue weighted by molar-refractivity contribution is 5.32. The quantitative estimate of drug-likeness (QED) is 0.559. The van der Waals surface area contributed by atoms with Crippen molar-refractivity contribution in [3.8, 4) is 0 Å². The molecule has 0 aliphatic heterocycles. The maximum atomic E-state index is 13.0. The standard InChI is InChI=1S/C15H20F3N/c1-3-5-6-11-14(19-4-2)12-9-7-8-10-13(12)15(16,17)18/h3,7-10,14,19H,1,4-6,11H2,2H3. The Morgan fingerprint density at radius 2 is 2.00 bits per heavy atom. The number of alkyl halides is 3. The van der Waals surface area contributed by atoms with E-state index in [9.17, 15) is 13.2 Å². The Bertz CT molecular complexity index is 399. The lowest BCUT2D eigenvalue weighted by Crippen LogP contribution is -2.24. The van der Waals surface area contributed by atoms with Crippen LogP contribution in [0.2, 0.25) is 0 Å². The molecule has 1 aromatic carbocycles. The minimum Gasteiger partial charge on any atom is -0.310 e. The van der Waals surface area contributed by atoms with Gasteiger partial charge in [-0.2, -0.15) is 13.2 Å². The average molecular weight is 271 g/mol. The lowest BCUT2D eigenvalue weighted by molar-refractivity contribution is -0.138. The van der Waals surface area contributed by atoms with Crippen LogP contribution in [-0.2, 0) is 6.18 Å². The molecule has 4 heteroatoms. The van der Waals surface area contributed by atoms with Crippen LogP contribution in [0.25, 0.3) is 0 Å². The number of hydrogen-bond acceptors (Lipinski definition) is 1. The van der Waals surface area contributed by atoms with Crippen molar-refractivity contribution in [1.82, 2.24) is 5.32 Å². The van der Waals surface area contributed by atoms with E-state index >= 15 is 0 Å². The summed E-state index contributed by atoms with van der Waals surface area (Å²) in [6, 6.07) is 5.53. The van der Waals surface area contributed by atoms with E-state index in [1.165, 1.54) is 6.07 Å². The predicted octanol–water partition coefficient (Wildman–Crippen LogP) is 4.71. The Morgan fingerprint density at radius 3 is 2.58 bits per heavy atom. The van der Waals surface area contributed by atoms with Gasteiger partial charge in [0, 0.05) is 6.04 Å². The van der Waals surface area contributed by atoms with Gasteiger partial charge in [-0.3, -0.25) is 0 Å². The van der Waals surface area contributed by atoms with Crippen LogP contribution < -0.4 is 5.32 Å². The summed E-state index contributed by atoms with van der Waals surface area (Å²) in [4.78, 5) is 0. The molecule has 0 saturated carbocycles. The molecule has 0 fully saturated rings. The maximum absolute atomic E-state index is 13.0. The smallest absolute Gasteiger partial charge is 0.310 e. The van der Waals surface area contributed by atoms with Gasteiger partial charge in [0.2, 0.25) is 0 Å². The average Bonchev–Trinajstić information content (AvgIpc) is 2.37. The van der Waals surface area contributed by atoms with Crippen molar-refractivity contribution >= 4 is 0 Å². The first-order valence-electron chi connectivity index (χ1n) is 6.51. The lowest BCUT2D eigenvalue weighted by atomic mass is 9.95. The third kappa shape index (κ3) is 4.71. The molecule has 0 spiro atoms. The SMILES string of the molecule is C=CCCCC(NCC)c1ccccc1C(F)(F)F. The Labute approximate surface area is 112 Å². The third-order valence-corrected chi connectivity index (χ3v) is 2.99. The van der Waals surface area contributed by atoms with Gasteiger partial charge in [-0.05, 0) is 37.4 Å². The van der Waals surface area contributed by atoms with E-state index in [1.54, 1.807) is 18.2 Å². The third-order valence-electron chi connectivity index (χ3n) is 2.99. The minimum absolute atomic E-state index is 0.261. The summed E-state index contributed by atoms with van der Waals surface area (Å²) in [6.45, 7) is 6.18. The molecule has 0 bridgehead atoms. The van der Waals surface area contributed by atoms with E-state index < -0.39 is 11.7 Å². The van der Waals surface area contributed by atoms with Gasteiger partial charge in [0.25, 0.3) is 0 Å². The van der Waals surface area contributed by atoms with Crippen LogP contribution in [0.1, 0.15) is 43.4 Å². The largest absolute Gasteiger partial charge is 0.416 e. The number of halogens is 3. The number of hydrogen-bond donors (Lipinski definition) is 1. The highest BCUT2D eigenvalue weighted by Crippen LogP contribution is 2.35. The van der Waals surface area contributed by atoms with Gasteiger partial charge < -0.3 is 5.32 Å². The summed E-state index contributed by atoms with van der Waals surface area (Å²) in [7, 11) is 0. The van der Waals surface area contributed by atoms with E-state index in [0.29, 0.717) is 18.5 Å². The monoisotopic (exact) mass is 271 g/mol. The first-order valence-corrected chi connectivity index (χ1v) is 6.51. The van der Waals surface area contributed by atoms with Gasteiger partial charge >= 0.3 is 6.18 Å². The van der Waals surface area contributed by atoms with Crippen LogP contribution in [0.4, 0.5) is 13.2 Å². The second-order valence-corrected chi connectivity index (χ2v) is 4.41. The molecule has 0 radical (unpaired) electrons. The number of nitrogens with one attached hydrogen (secondary N) is 1. The van der Waals surface area contributed by atoms with Gasteiger partial charge in [0.05, 0.1) is 5.56 Å². The molecule has 1 nitrogen and oxygen atoms in total. The van der Waals surface area contributed by atoms with Crippen molar-refractivity contribution in [2.24, 2.45) is 0 Å². The Balaban J connectivity index is 2.97. The zero-order chi connectivity index (χ0) is 14.3. The van der Waals surface area contributed by atoms with Crippen LogP contribution in [0.15, 0.2) is 36.9 Å². The molecule has 106 valence electrons. The van der Waals surface area contributed by atoms with Gasteiger partial charge in [0.15, 0.2) is 0 Å². The number of unbranched alkanes of at least 4 members (excludes halogenated alkanes) is 1. The van der Waals surface area contributed by atoms with Crippen LogP contribution in [0, 0.1) is 0 Å². The first-order chi connectivity index (χ1) is 9.00. The van der Waals surface area contributed by atoms with Crippen molar-refractivity contribution in [2.75, 3.05) is 6.54 Å². The van der Waals surface area contributed by atoms with Crippen molar-refractivity contribution in [1.29, 1.82) is 0 Å². The first kappa shape index (κ1) is 15.8. The fourth-order valence-corrected chi connectivity index (χ4v) is 2.14. The van der Waals surface area contributed by atoms with Crippen molar-refractivity contribution < 1.29 is 13.2 Å². The van der Waals surface area contributed by atoms with E-state index in [4.69, 9.17) is 0 Å². The molecule has 1 aromatic rings. The van der Waals surface area contributed by atoms with Crippen LogP contribution in [0.3, 0.4) is 0 Å². The molecule has 0 aliphatic rings. The van der Waals surface area contributed by atoms with E-state index in [-0.39, 0.29) is 6.04 Å². The summed E-state index contributed by atoms with van der Waals surface area (Å²) in [5.41, 5.74) is -0.208. The van der Waals surface area contributed by atoms with Crippen molar-refractivity contribution in [3.63, 3.8) is 0 Å². The minimum atomic E-state index is -4.30. The molecule has 1 atom stereocenters. The van der Waals surface area contributed by atoms with Crippen molar-refractivity contribution in [3.05, 3.63) is 48.0 Å². The van der Waals surface area contributed by atoms with Crippen molar-refractivity contribution in [2.45, 2.75) is 38.4 Å². The fraction of sp³-hybridized carbons (Fsp3) is 0.467. The Kier molecular flexibility index (Phi) is 6.09. The zero-order valence-corrected chi connectivity index (χ0v) is 11.1. The summed E-state index contributed by atoms with van der Waals surface area (Å²) in [5.74, 6) is 0. The van der Waals surface area contributed by atoms with Gasteiger partial charge in [0.1, 0.15) is 0 Å². The summed E-state index contributed by atoms with van der Waals surface area (Å²) in [5, 5.41) is 3.14. The maximum Gasteiger partial charge on any atom is 0.416 e. The predicted molar refractivity (Wildman–Crippen MR) is 71.9 cm³/mol. The molecular formula is C15H20F3N. The number of benzene rings is 1. The Hall–Kier alpha value is -1.29. The molecule has 1 rings (SSSR count). The summed E-state index contributed by atoms with van der Waals surface area (Å²) < 4.78 is 39.0. The fourth-order valence-electron chi connectivity index (χ4n) is 2.14. The van der Waals surface area contributed by atoms with Crippen LogP contribution in [-0.4, -0.2) is 6.54 Å².